The highest BCUT2D eigenvalue weighted by Gasteiger charge is 2.51. The lowest BCUT2D eigenvalue weighted by Crippen LogP contribution is -2.09. The molecule has 0 aliphatic heterocycles. The Bertz CT molecular complexity index is 374. The lowest BCUT2D eigenvalue weighted by Gasteiger charge is -2.13. The fourth-order valence-electron chi connectivity index (χ4n) is 2.23. The number of allylic oxidation sites excluding steroid dienone is 3. The molecule has 0 aromatic rings. The Morgan fingerprint density at radius 1 is 1.67 bits per heavy atom. The summed E-state index contributed by atoms with van der Waals surface area (Å²) in [6.45, 7) is 7.10. The van der Waals surface area contributed by atoms with Crippen LogP contribution < -0.4 is 0 Å². The molecule has 0 amide bonds. The van der Waals surface area contributed by atoms with Crippen molar-refractivity contribution in [2.24, 2.45) is 21.3 Å². The van der Waals surface area contributed by atoms with E-state index in [2.05, 4.69) is 42.1 Å². The number of rotatable bonds is 2. The van der Waals surface area contributed by atoms with Crippen molar-refractivity contribution in [3.05, 3.63) is 23.8 Å². The van der Waals surface area contributed by atoms with Gasteiger partial charge in [-0.2, -0.15) is 0 Å². The maximum Gasteiger partial charge on any atom is 0.150 e. The molecule has 2 atom stereocenters. The van der Waals surface area contributed by atoms with Gasteiger partial charge < -0.3 is 0 Å². The van der Waals surface area contributed by atoms with E-state index in [0.29, 0.717) is 11.3 Å². The smallest absolute Gasteiger partial charge is 0.150 e. The maximum absolute atomic E-state index is 4.46. The number of hydrogen-bond acceptors (Lipinski definition) is 1. The molecular formula is C13H18N2. The molecule has 15 heavy (non-hydrogen) atoms. The number of hydrogen-bond donors (Lipinski definition) is 0. The summed E-state index contributed by atoms with van der Waals surface area (Å²) >= 11 is 0. The Labute approximate surface area is 91.5 Å². The first-order valence-electron chi connectivity index (χ1n) is 5.64. The van der Waals surface area contributed by atoms with E-state index in [1.165, 1.54) is 12.0 Å². The van der Waals surface area contributed by atoms with E-state index in [9.17, 15) is 0 Å². The molecule has 0 aromatic carbocycles. The fourth-order valence-corrected chi connectivity index (χ4v) is 2.23. The molecule has 0 bridgehead atoms. The van der Waals surface area contributed by atoms with Gasteiger partial charge in [-0.25, -0.2) is 4.99 Å². The molecule has 0 spiro atoms. The molecule has 0 heterocycles. The quantitative estimate of drug-likeness (QED) is 0.486. The standard InChI is InChI=1S/C13H18N2/c1-4-14-12(15-5-2)10-7-6-8-13(3)9-11(10)13/h4,6-8,11H,5,9H2,1-3H3. The summed E-state index contributed by atoms with van der Waals surface area (Å²) in [7, 11) is 0. The van der Waals surface area contributed by atoms with Crippen LogP contribution in [0.25, 0.3) is 0 Å². The van der Waals surface area contributed by atoms with Gasteiger partial charge in [0.2, 0.25) is 0 Å². The third kappa shape index (κ3) is 1.81. The molecule has 1 saturated carbocycles. The summed E-state index contributed by atoms with van der Waals surface area (Å²) in [5.74, 6) is 1.58. The van der Waals surface area contributed by atoms with Gasteiger partial charge in [0.15, 0.2) is 0 Å². The summed E-state index contributed by atoms with van der Waals surface area (Å²) in [6.07, 6.45) is 9.70. The van der Waals surface area contributed by atoms with Gasteiger partial charge >= 0.3 is 0 Å². The zero-order chi connectivity index (χ0) is 10.9. The monoisotopic (exact) mass is 202 g/mol. The summed E-state index contributed by atoms with van der Waals surface area (Å²) in [4.78, 5) is 8.83. The summed E-state index contributed by atoms with van der Waals surface area (Å²) < 4.78 is 0. The van der Waals surface area contributed by atoms with Crippen LogP contribution in [0.3, 0.4) is 0 Å². The van der Waals surface area contributed by atoms with Crippen molar-refractivity contribution >= 4 is 12.1 Å². The Morgan fingerprint density at radius 2 is 2.47 bits per heavy atom. The van der Waals surface area contributed by atoms with Gasteiger partial charge in [0, 0.05) is 18.3 Å². The Hall–Kier alpha value is -1.18. The van der Waals surface area contributed by atoms with Gasteiger partial charge in [0.25, 0.3) is 0 Å². The minimum atomic E-state index is 0.391. The van der Waals surface area contributed by atoms with Gasteiger partial charge in [-0.3, -0.25) is 4.99 Å². The predicted octanol–water partition coefficient (Wildman–Crippen LogP) is 3.02. The average molecular weight is 202 g/mol. The van der Waals surface area contributed by atoms with Crippen molar-refractivity contribution < 1.29 is 0 Å². The van der Waals surface area contributed by atoms with Gasteiger partial charge in [0.05, 0.1) is 0 Å². The third-order valence-electron chi connectivity index (χ3n) is 3.23. The van der Waals surface area contributed by atoms with E-state index >= 15 is 0 Å². The first-order chi connectivity index (χ1) is 7.21. The molecular weight excluding hydrogens is 184 g/mol. The molecule has 2 heteroatoms. The summed E-state index contributed by atoms with van der Waals surface area (Å²) in [5.41, 5.74) is 1.71. The first-order valence-corrected chi connectivity index (χ1v) is 5.64. The third-order valence-corrected chi connectivity index (χ3v) is 3.23. The fraction of sp³-hybridized carbons (Fsp3) is 0.538. The lowest BCUT2D eigenvalue weighted by molar-refractivity contribution is 0.680. The van der Waals surface area contributed by atoms with Crippen molar-refractivity contribution in [1.29, 1.82) is 0 Å². The van der Waals surface area contributed by atoms with Crippen molar-refractivity contribution in [2.75, 3.05) is 6.54 Å². The van der Waals surface area contributed by atoms with E-state index in [0.717, 1.165) is 12.4 Å². The number of aliphatic imine (C=N–C) groups is 2. The minimum absolute atomic E-state index is 0.391. The molecule has 0 saturated heterocycles. The van der Waals surface area contributed by atoms with Crippen LogP contribution in [-0.2, 0) is 0 Å². The number of nitrogens with zero attached hydrogens (tertiary/aromatic N) is 2. The van der Waals surface area contributed by atoms with Crippen LogP contribution in [0.5, 0.6) is 0 Å². The van der Waals surface area contributed by atoms with Crippen LogP contribution in [0.1, 0.15) is 27.2 Å². The van der Waals surface area contributed by atoms with Crippen LogP contribution in [-0.4, -0.2) is 18.6 Å². The second kappa shape index (κ2) is 3.76. The molecule has 1 fully saturated rings. The van der Waals surface area contributed by atoms with Crippen LogP contribution >= 0.6 is 0 Å². The zero-order valence-corrected chi connectivity index (χ0v) is 9.70. The molecule has 0 N–H and O–H groups in total. The van der Waals surface area contributed by atoms with Crippen molar-refractivity contribution in [1.82, 2.24) is 0 Å². The van der Waals surface area contributed by atoms with Gasteiger partial charge in [0.1, 0.15) is 5.84 Å². The zero-order valence-electron chi connectivity index (χ0n) is 9.70. The van der Waals surface area contributed by atoms with Gasteiger partial charge in [-0.1, -0.05) is 25.2 Å². The molecule has 0 radical (unpaired) electrons. The molecule has 2 aliphatic rings. The van der Waals surface area contributed by atoms with E-state index in [1.54, 1.807) is 0 Å². The highest BCUT2D eigenvalue weighted by atomic mass is 14.9. The average Bonchev–Trinajstić information content (AvgIpc) is 2.89. The SMILES string of the molecule is CC=NC(=NCC)C1=CC=CC2(C)CC12. The molecule has 80 valence electrons. The number of fused-ring (bicyclic) bond motifs is 1. The van der Waals surface area contributed by atoms with Crippen molar-refractivity contribution in [3.63, 3.8) is 0 Å². The van der Waals surface area contributed by atoms with Crippen LogP contribution in [0.2, 0.25) is 0 Å². The lowest BCUT2D eigenvalue weighted by atomic mass is 9.95. The highest BCUT2D eigenvalue weighted by Crippen LogP contribution is 2.59. The van der Waals surface area contributed by atoms with E-state index in [4.69, 9.17) is 0 Å². The minimum Gasteiger partial charge on any atom is -0.267 e. The van der Waals surface area contributed by atoms with Gasteiger partial charge in [-0.15, -0.1) is 0 Å². The largest absolute Gasteiger partial charge is 0.267 e. The Kier molecular flexibility index (Phi) is 2.59. The van der Waals surface area contributed by atoms with Crippen LogP contribution in [0, 0.1) is 11.3 Å². The van der Waals surface area contributed by atoms with Gasteiger partial charge in [-0.05, 0) is 31.6 Å². The number of amidine groups is 1. The first kappa shape index (κ1) is 10.3. The maximum atomic E-state index is 4.46. The van der Waals surface area contributed by atoms with Crippen LogP contribution in [0.4, 0.5) is 0 Å². The second-order valence-corrected chi connectivity index (χ2v) is 4.43. The van der Waals surface area contributed by atoms with E-state index < -0.39 is 0 Å². The topological polar surface area (TPSA) is 24.7 Å². The molecule has 0 aromatic heterocycles. The molecule has 2 unspecified atom stereocenters. The summed E-state index contributed by atoms with van der Waals surface area (Å²) in [5, 5.41) is 0. The normalized spacial score (nSPS) is 34.2. The summed E-state index contributed by atoms with van der Waals surface area (Å²) in [6, 6.07) is 0. The van der Waals surface area contributed by atoms with E-state index in [-0.39, 0.29) is 0 Å². The van der Waals surface area contributed by atoms with Crippen molar-refractivity contribution in [2.45, 2.75) is 27.2 Å². The Balaban J connectivity index is 2.26. The van der Waals surface area contributed by atoms with E-state index in [1.807, 2.05) is 13.1 Å². The molecule has 2 rings (SSSR count). The highest BCUT2D eigenvalue weighted by molar-refractivity contribution is 6.03. The van der Waals surface area contributed by atoms with Crippen molar-refractivity contribution in [3.8, 4) is 0 Å². The molecule has 2 aliphatic carbocycles. The second-order valence-electron chi connectivity index (χ2n) is 4.43. The molecule has 2 nitrogen and oxygen atoms in total. The Morgan fingerprint density at radius 3 is 3.13 bits per heavy atom. The van der Waals surface area contributed by atoms with Crippen LogP contribution in [0.15, 0.2) is 33.8 Å². The predicted molar refractivity (Wildman–Crippen MR) is 65.6 cm³/mol.